The van der Waals surface area contributed by atoms with Gasteiger partial charge < -0.3 is 5.73 Å². The maximum atomic E-state index is 6.26. The van der Waals surface area contributed by atoms with Crippen molar-refractivity contribution in [3.8, 4) is 0 Å². The first kappa shape index (κ1) is 9.61. The summed E-state index contributed by atoms with van der Waals surface area (Å²) in [6, 6.07) is 19.4. The number of benzene rings is 2. The summed E-state index contributed by atoms with van der Waals surface area (Å²) in [5, 5.41) is 0. The molecule has 0 heterocycles. The molecule has 0 saturated carbocycles. The molecule has 0 unspecified atom stereocenters. The summed E-state index contributed by atoms with van der Waals surface area (Å²) in [5.74, 6) is 0.373. The van der Waals surface area contributed by atoms with Crippen LogP contribution in [0.5, 0.6) is 0 Å². The van der Waals surface area contributed by atoms with Crippen LogP contribution in [0.25, 0.3) is 0 Å². The molecule has 0 aromatic heterocycles. The Morgan fingerprint density at radius 3 is 2.38 bits per heavy atom. The van der Waals surface area contributed by atoms with Crippen molar-refractivity contribution < 1.29 is 0 Å². The van der Waals surface area contributed by atoms with E-state index in [-0.39, 0.29) is 6.04 Å². The van der Waals surface area contributed by atoms with Crippen molar-refractivity contribution in [2.45, 2.75) is 18.4 Å². The topological polar surface area (TPSA) is 26.0 Å². The molecule has 0 saturated heterocycles. The van der Waals surface area contributed by atoms with Gasteiger partial charge in [0.05, 0.1) is 0 Å². The summed E-state index contributed by atoms with van der Waals surface area (Å²) < 4.78 is 0. The first-order valence-corrected chi connectivity index (χ1v) is 5.74. The quantitative estimate of drug-likeness (QED) is 0.767. The maximum absolute atomic E-state index is 6.26. The van der Waals surface area contributed by atoms with Crippen LogP contribution in [0.1, 0.15) is 22.6 Å². The first-order chi connectivity index (χ1) is 7.86. The molecular formula is C15H15N. The van der Waals surface area contributed by atoms with Crippen molar-refractivity contribution >= 4 is 0 Å². The second kappa shape index (κ2) is 3.76. The van der Waals surface area contributed by atoms with Crippen LogP contribution in [0.3, 0.4) is 0 Å². The Kier molecular flexibility index (Phi) is 2.26. The predicted molar refractivity (Wildman–Crippen MR) is 66.4 cm³/mol. The monoisotopic (exact) mass is 209 g/mol. The van der Waals surface area contributed by atoms with Gasteiger partial charge >= 0.3 is 0 Å². The van der Waals surface area contributed by atoms with Gasteiger partial charge in [-0.05, 0) is 23.1 Å². The Bertz CT molecular complexity index is 490. The molecule has 1 heteroatoms. The SMILES string of the molecule is N[C@@H]1Cc2ccccc2[C@@H]1c1ccccc1. The average molecular weight is 209 g/mol. The standard InChI is InChI=1S/C15H15N/c16-14-10-12-8-4-5-9-13(12)15(14)11-6-2-1-3-7-11/h1-9,14-15H,10,16H2/t14-,15+/m1/s1. The van der Waals surface area contributed by atoms with Crippen LogP contribution in [-0.2, 0) is 6.42 Å². The van der Waals surface area contributed by atoms with Gasteiger partial charge in [-0.3, -0.25) is 0 Å². The van der Waals surface area contributed by atoms with E-state index < -0.39 is 0 Å². The normalized spacial score (nSPS) is 23.1. The number of hydrogen-bond acceptors (Lipinski definition) is 1. The van der Waals surface area contributed by atoms with Crippen molar-refractivity contribution in [1.29, 1.82) is 0 Å². The summed E-state index contributed by atoms with van der Waals surface area (Å²) in [4.78, 5) is 0. The van der Waals surface area contributed by atoms with Crippen LogP contribution in [0.15, 0.2) is 54.6 Å². The van der Waals surface area contributed by atoms with Crippen LogP contribution in [0.4, 0.5) is 0 Å². The molecule has 16 heavy (non-hydrogen) atoms. The molecule has 0 aliphatic heterocycles. The molecule has 0 amide bonds. The predicted octanol–water partition coefficient (Wildman–Crippen LogP) is 2.70. The molecule has 80 valence electrons. The van der Waals surface area contributed by atoms with E-state index in [4.69, 9.17) is 5.73 Å². The fourth-order valence-electron chi connectivity index (χ4n) is 2.71. The smallest absolute Gasteiger partial charge is 0.0247 e. The number of rotatable bonds is 1. The van der Waals surface area contributed by atoms with E-state index in [1.807, 2.05) is 0 Å². The highest BCUT2D eigenvalue weighted by Gasteiger charge is 2.30. The van der Waals surface area contributed by atoms with E-state index in [1.165, 1.54) is 16.7 Å². The van der Waals surface area contributed by atoms with Gasteiger partial charge in [0, 0.05) is 12.0 Å². The zero-order chi connectivity index (χ0) is 11.0. The second-order valence-electron chi connectivity index (χ2n) is 4.46. The van der Waals surface area contributed by atoms with Gasteiger partial charge in [-0.2, -0.15) is 0 Å². The van der Waals surface area contributed by atoms with Gasteiger partial charge in [-0.1, -0.05) is 54.6 Å². The van der Waals surface area contributed by atoms with E-state index in [2.05, 4.69) is 54.6 Å². The summed E-state index contributed by atoms with van der Waals surface area (Å²) in [7, 11) is 0. The number of nitrogens with two attached hydrogens (primary N) is 1. The number of hydrogen-bond donors (Lipinski definition) is 1. The molecule has 2 N–H and O–H groups in total. The van der Waals surface area contributed by atoms with Crippen molar-refractivity contribution in [2.24, 2.45) is 5.73 Å². The first-order valence-electron chi connectivity index (χ1n) is 5.74. The lowest BCUT2D eigenvalue weighted by Gasteiger charge is -2.17. The molecule has 0 bridgehead atoms. The lowest BCUT2D eigenvalue weighted by molar-refractivity contribution is 0.643. The molecule has 1 aliphatic carbocycles. The minimum atomic E-state index is 0.222. The second-order valence-corrected chi connectivity index (χ2v) is 4.46. The van der Waals surface area contributed by atoms with Gasteiger partial charge in [-0.15, -0.1) is 0 Å². The molecule has 2 aromatic rings. The molecule has 1 nitrogen and oxygen atoms in total. The Morgan fingerprint density at radius 2 is 1.56 bits per heavy atom. The largest absolute Gasteiger partial charge is 0.327 e. The van der Waals surface area contributed by atoms with E-state index in [0.717, 1.165) is 6.42 Å². The highest BCUT2D eigenvalue weighted by molar-refractivity contribution is 5.44. The third kappa shape index (κ3) is 1.44. The van der Waals surface area contributed by atoms with E-state index in [0.29, 0.717) is 5.92 Å². The lowest BCUT2D eigenvalue weighted by Crippen LogP contribution is -2.25. The van der Waals surface area contributed by atoms with Crippen molar-refractivity contribution in [2.75, 3.05) is 0 Å². The average Bonchev–Trinajstić information content (AvgIpc) is 2.66. The van der Waals surface area contributed by atoms with Gasteiger partial charge in [-0.25, -0.2) is 0 Å². The fraction of sp³-hybridized carbons (Fsp3) is 0.200. The van der Waals surface area contributed by atoms with Crippen molar-refractivity contribution in [3.05, 3.63) is 71.3 Å². The van der Waals surface area contributed by atoms with Gasteiger partial charge in [0.2, 0.25) is 0 Å². The highest BCUT2D eigenvalue weighted by atomic mass is 14.7. The summed E-state index contributed by atoms with van der Waals surface area (Å²) in [6.07, 6.45) is 0.996. The summed E-state index contributed by atoms with van der Waals surface area (Å²) in [6.45, 7) is 0. The van der Waals surface area contributed by atoms with E-state index in [1.54, 1.807) is 0 Å². The van der Waals surface area contributed by atoms with Gasteiger partial charge in [0.25, 0.3) is 0 Å². The van der Waals surface area contributed by atoms with Crippen LogP contribution < -0.4 is 5.73 Å². The molecule has 1 aliphatic rings. The molecule has 2 atom stereocenters. The third-order valence-electron chi connectivity index (χ3n) is 3.43. The molecular weight excluding hydrogens is 194 g/mol. The minimum Gasteiger partial charge on any atom is -0.327 e. The third-order valence-corrected chi connectivity index (χ3v) is 3.43. The molecule has 0 radical (unpaired) electrons. The van der Waals surface area contributed by atoms with Crippen molar-refractivity contribution in [3.63, 3.8) is 0 Å². The Labute approximate surface area is 95.9 Å². The highest BCUT2D eigenvalue weighted by Crippen LogP contribution is 2.36. The lowest BCUT2D eigenvalue weighted by atomic mass is 9.91. The zero-order valence-electron chi connectivity index (χ0n) is 9.14. The summed E-state index contributed by atoms with van der Waals surface area (Å²) in [5.41, 5.74) is 10.4. The molecule has 0 spiro atoms. The van der Waals surface area contributed by atoms with E-state index in [9.17, 15) is 0 Å². The zero-order valence-corrected chi connectivity index (χ0v) is 9.14. The maximum Gasteiger partial charge on any atom is 0.0247 e. The van der Waals surface area contributed by atoms with Gasteiger partial charge in [0.1, 0.15) is 0 Å². The fourth-order valence-corrected chi connectivity index (χ4v) is 2.71. The molecule has 0 fully saturated rings. The minimum absolute atomic E-state index is 0.222. The van der Waals surface area contributed by atoms with Crippen molar-refractivity contribution in [1.82, 2.24) is 0 Å². The van der Waals surface area contributed by atoms with Crippen LogP contribution in [-0.4, -0.2) is 6.04 Å². The number of fused-ring (bicyclic) bond motifs is 1. The Morgan fingerprint density at radius 1 is 0.875 bits per heavy atom. The molecule has 3 rings (SSSR count). The van der Waals surface area contributed by atoms with Crippen LogP contribution in [0, 0.1) is 0 Å². The van der Waals surface area contributed by atoms with E-state index >= 15 is 0 Å². The molecule has 2 aromatic carbocycles. The Balaban J connectivity index is 2.09. The summed E-state index contributed by atoms with van der Waals surface area (Å²) >= 11 is 0. The van der Waals surface area contributed by atoms with Crippen LogP contribution >= 0.6 is 0 Å². The van der Waals surface area contributed by atoms with Crippen LogP contribution in [0.2, 0.25) is 0 Å². The Hall–Kier alpha value is -1.60. The van der Waals surface area contributed by atoms with Gasteiger partial charge in [0.15, 0.2) is 0 Å².